The Morgan fingerprint density at radius 3 is 2.52 bits per heavy atom. The highest BCUT2D eigenvalue weighted by molar-refractivity contribution is 6.04. The van der Waals surface area contributed by atoms with Gasteiger partial charge in [-0.1, -0.05) is 0 Å². The van der Waals surface area contributed by atoms with E-state index < -0.39 is 34.6 Å². The maximum atomic E-state index is 13.8. The number of carbonyl (C=O) groups excluding carboxylic acids is 1. The van der Waals surface area contributed by atoms with Gasteiger partial charge in [0.15, 0.2) is 5.54 Å². The second-order valence-corrected chi connectivity index (χ2v) is 5.57. The summed E-state index contributed by atoms with van der Waals surface area (Å²) in [6.07, 6.45) is 2.53. The molecule has 1 aromatic carbocycles. The molecule has 2 N–H and O–H groups in total. The van der Waals surface area contributed by atoms with E-state index in [0.29, 0.717) is 0 Å². The van der Waals surface area contributed by atoms with E-state index in [-0.39, 0.29) is 11.3 Å². The van der Waals surface area contributed by atoms with E-state index in [4.69, 9.17) is 5.11 Å². The van der Waals surface area contributed by atoms with E-state index in [1.165, 1.54) is 33.2 Å². The van der Waals surface area contributed by atoms with Crippen molar-refractivity contribution in [2.24, 2.45) is 0 Å². The van der Waals surface area contributed by atoms with Gasteiger partial charge in [0.05, 0.1) is 17.4 Å². The summed E-state index contributed by atoms with van der Waals surface area (Å²) in [5.74, 6) is -3.50. The van der Waals surface area contributed by atoms with Gasteiger partial charge in [-0.25, -0.2) is 13.6 Å². The largest absolute Gasteiger partial charge is 0.479 e. The summed E-state index contributed by atoms with van der Waals surface area (Å²) in [5.41, 5.74) is -1.50. The SMILES string of the molecule is Cc1cc(F)c(C(=O)Nc2cnn(C(C)(C)C(=O)O)c2)cc1F. The molecule has 2 aromatic rings. The van der Waals surface area contributed by atoms with Gasteiger partial charge in [-0.05, 0) is 38.5 Å². The highest BCUT2D eigenvalue weighted by atomic mass is 19.1. The zero-order valence-electron chi connectivity index (χ0n) is 12.7. The van der Waals surface area contributed by atoms with Crippen LogP contribution in [0.5, 0.6) is 0 Å². The van der Waals surface area contributed by atoms with Crippen molar-refractivity contribution in [2.45, 2.75) is 26.3 Å². The van der Waals surface area contributed by atoms with Crippen molar-refractivity contribution in [3.63, 3.8) is 0 Å². The number of carbonyl (C=O) groups is 2. The van der Waals surface area contributed by atoms with Gasteiger partial charge >= 0.3 is 5.97 Å². The third-order valence-corrected chi connectivity index (χ3v) is 3.43. The second kappa shape index (κ2) is 5.79. The normalized spacial score (nSPS) is 11.3. The molecule has 1 aromatic heterocycles. The highest BCUT2D eigenvalue weighted by Crippen LogP contribution is 2.19. The van der Waals surface area contributed by atoms with Gasteiger partial charge in [-0.2, -0.15) is 5.10 Å². The van der Waals surface area contributed by atoms with Crippen LogP contribution in [0.2, 0.25) is 0 Å². The van der Waals surface area contributed by atoms with Crippen molar-refractivity contribution in [3.05, 3.63) is 47.3 Å². The molecule has 0 atom stereocenters. The number of carboxylic acids is 1. The Balaban J connectivity index is 2.24. The second-order valence-electron chi connectivity index (χ2n) is 5.57. The van der Waals surface area contributed by atoms with Crippen LogP contribution < -0.4 is 5.32 Å². The molecule has 2 rings (SSSR count). The molecule has 8 heteroatoms. The first-order chi connectivity index (χ1) is 10.6. The number of benzene rings is 1. The van der Waals surface area contributed by atoms with Crippen LogP contribution >= 0.6 is 0 Å². The van der Waals surface area contributed by atoms with Gasteiger partial charge in [0.25, 0.3) is 5.91 Å². The molecule has 0 aliphatic rings. The lowest BCUT2D eigenvalue weighted by Crippen LogP contribution is -2.35. The highest BCUT2D eigenvalue weighted by Gasteiger charge is 2.30. The van der Waals surface area contributed by atoms with E-state index in [2.05, 4.69) is 10.4 Å². The molecule has 0 unspecified atom stereocenters. The van der Waals surface area contributed by atoms with Crippen molar-refractivity contribution in [1.29, 1.82) is 0 Å². The van der Waals surface area contributed by atoms with E-state index in [0.717, 1.165) is 16.8 Å². The molecule has 0 saturated carbocycles. The smallest absolute Gasteiger partial charge is 0.331 e. The first-order valence-electron chi connectivity index (χ1n) is 6.68. The Bertz CT molecular complexity index is 784. The number of nitrogens with zero attached hydrogens (tertiary/aromatic N) is 2. The fourth-order valence-electron chi connectivity index (χ4n) is 1.81. The molecule has 6 nitrogen and oxygen atoms in total. The Morgan fingerprint density at radius 1 is 1.26 bits per heavy atom. The lowest BCUT2D eigenvalue weighted by molar-refractivity contribution is -0.146. The monoisotopic (exact) mass is 323 g/mol. The van der Waals surface area contributed by atoms with Crippen LogP contribution in [0.1, 0.15) is 29.8 Å². The van der Waals surface area contributed by atoms with Crippen molar-refractivity contribution in [1.82, 2.24) is 9.78 Å². The molecular weight excluding hydrogens is 308 g/mol. The van der Waals surface area contributed by atoms with Crippen LogP contribution in [-0.4, -0.2) is 26.8 Å². The van der Waals surface area contributed by atoms with E-state index in [1.54, 1.807) is 0 Å². The van der Waals surface area contributed by atoms with E-state index >= 15 is 0 Å². The Labute approximate surface area is 130 Å². The van der Waals surface area contributed by atoms with Crippen LogP contribution in [0, 0.1) is 18.6 Å². The summed E-state index contributed by atoms with van der Waals surface area (Å²) >= 11 is 0. The van der Waals surface area contributed by atoms with Crippen molar-refractivity contribution >= 4 is 17.6 Å². The molecule has 0 bridgehead atoms. The number of rotatable bonds is 4. The van der Waals surface area contributed by atoms with Gasteiger partial charge in [0.2, 0.25) is 0 Å². The molecule has 0 aliphatic carbocycles. The summed E-state index contributed by atoms with van der Waals surface area (Å²) in [5, 5.41) is 15.3. The molecule has 0 aliphatic heterocycles. The van der Waals surface area contributed by atoms with E-state index in [1.807, 2.05) is 0 Å². The molecule has 1 amide bonds. The van der Waals surface area contributed by atoms with Crippen LogP contribution in [0.4, 0.5) is 14.5 Å². The number of amides is 1. The molecule has 0 saturated heterocycles. The quantitative estimate of drug-likeness (QED) is 0.905. The third kappa shape index (κ3) is 3.20. The van der Waals surface area contributed by atoms with Crippen molar-refractivity contribution in [3.8, 4) is 0 Å². The predicted molar refractivity (Wildman–Crippen MR) is 78.2 cm³/mol. The number of nitrogens with one attached hydrogen (secondary N) is 1. The predicted octanol–water partition coefficient (Wildman–Crippen LogP) is 2.54. The molecule has 23 heavy (non-hydrogen) atoms. The van der Waals surface area contributed by atoms with Gasteiger partial charge < -0.3 is 10.4 Å². The number of aromatic nitrogens is 2. The molecule has 1 heterocycles. The number of carboxylic acid groups (broad SMARTS) is 1. The maximum Gasteiger partial charge on any atom is 0.331 e. The zero-order valence-corrected chi connectivity index (χ0v) is 12.7. The van der Waals surface area contributed by atoms with Crippen molar-refractivity contribution < 1.29 is 23.5 Å². The Morgan fingerprint density at radius 2 is 1.91 bits per heavy atom. The minimum absolute atomic E-state index is 0.0927. The van der Waals surface area contributed by atoms with Gasteiger partial charge in [-0.3, -0.25) is 9.48 Å². The summed E-state index contributed by atoms with van der Waals surface area (Å²) in [4.78, 5) is 23.2. The molecule has 0 spiro atoms. The lowest BCUT2D eigenvalue weighted by atomic mass is 10.1. The summed E-state index contributed by atoms with van der Waals surface area (Å²) in [6.45, 7) is 4.25. The third-order valence-electron chi connectivity index (χ3n) is 3.43. The first-order valence-corrected chi connectivity index (χ1v) is 6.68. The maximum absolute atomic E-state index is 13.8. The molecule has 122 valence electrons. The van der Waals surface area contributed by atoms with Gasteiger partial charge in [0, 0.05) is 6.20 Å². The van der Waals surface area contributed by atoms with Crippen LogP contribution in [0.15, 0.2) is 24.5 Å². The average Bonchev–Trinajstić information content (AvgIpc) is 2.91. The number of anilines is 1. The van der Waals surface area contributed by atoms with Gasteiger partial charge in [0.1, 0.15) is 11.6 Å². The topological polar surface area (TPSA) is 84.2 Å². The van der Waals surface area contributed by atoms with Crippen LogP contribution in [-0.2, 0) is 10.3 Å². The van der Waals surface area contributed by atoms with E-state index in [9.17, 15) is 18.4 Å². The number of aliphatic carboxylic acids is 1. The number of halogens is 2. The number of aryl methyl sites for hydroxylation is 1. The standard InChI is InChI=1S/C15H15F2N3O3/c1-8-4-12(17)10(5-11(8)16)13(21)19-9-6-18-20(7-9)15(2,3)14(22)23/h4-7H,1-3H3,(H,19,21)(H,22,23). The first kappa shape index (κ1) is 16.6. The van der Waals surface area contributed by atoms with Crippen molar-refractivity contribution in [2.75, 3.05) is 5.32 Å². The zero-order chi connectivity index (χ0) is 17.4. The summed E-state index contributed by atoms with van der Waals surface area (Å²) in [6, 6.07) is 1.74. The lowest BCUT2D eigenvalue weighted by Gasteiger charge is -2.19. The molecule has 0 radical (unpaired) electrons. The number of hydrogen-bond acceptors (Lipinski definition) is 3. The fourth-order valence-corrected chi connectivity index (χ4v) is 1.81. The minimum Gasteiger partial charge on any atom is -0.479 e. The van der Waals surface area contributed by atoms with Crippen LogP contribution in [0.3, 0.4) is 0 Å². The molecule has 0 fully saturated rings. The average molecular weight is 323 g/mol. The number of hydrogen-bond donors (Lipinski definition) is 2. The Hall–Kier alpha value is -2.77. The van der Waals surface area contributed by atoms with Crippen LogP contribution in [0.25, 0.3) is 0 Å². The van der Waals surface area contributed by atoms with Gasteiger partial charge in [-0.15, -0.1) is 0 Å². The summed E-state index contributed by atoms with van der Waals surface area (Å²) in [7, 11) is 0. The molecular formula is C15H15F2N3O3. The summed E-state index contributed by atoms with van der Waals surface area (Å²) < 4.78 is 28.4. The fraction of sp³-hybridized carbons (Fsp3) is 0.267. The Kier molecular flexibility index (Phi) is 4.18. The minimum atomic E-state index is -1.32.